The molecule has 0 aromatic rings. The molecule has 5 nitrogen and oxygen atoms in total. The lowest BCUT2D eigenvalue weighted by Crippen LogP contribution is -2.10. The fraction of sp³-hybridized carbons (Fsp3) is 0.500. The molecule has 0 aromatic carbocycles. The molecule has 0 aliphatic heterocycles. The van der Waals surface area contributed by atoms with Crippen LogP contribution in [0.1, 0.15) is 20.3 Å². The Morgan fingerprint density at radius 3 is 2.60 bits per heavy atom. The van der Waals surface area contributed by atoms with Gasteiger partial charge in [-0.1, -0.05) is 6.08 Å². The number of nitrogens with zero attached hydrogens (tertiary/aromatic N) is 1. The highest BCUT2D eigenvalue weighted by atomic mass is 16.6. The average Bonchev–Trinajstić information content (AvgIpc) is 2.16. The standard InChI is InChI=1S/C10H13NO4/c1-3-14-6-4-5-9(7-11)10(13)15-8(2)12/h5H,3-4,6H2,1-2H3. The molecule has 0 atom stereocenters. The summed E-state index contributed by atoms with van der Waals surface area (Å²) in [4.78, 5) is 21.5. The van der Waals surface area contributed by atoms with Crippen LogP contribution in [0.4, 0.5) is 0 Å². The van der Waals surface area contributed by atoms with E-state index in [0.717, 1.165) is 6.92 Å². The van der Waals surface area contributed by atoms with Gasteiger partial charge in [0, 0.05) is 13.5 Å². The summed E-state index contributed by atoms with van der Waals surface area (Å²) in [5, 5.41) is 8.59. The Morgan fingerprint density at radius 2 is 2.13 bits per heavy atom. The molecule has 0 fully saturated rings. The first-order chi connectivity index (χ1) is 7.11. The highest BCUT2D eigenvalue weighted by Gasteiger charge is 2.11. The van der Waals surface area contributed by atoms with E-state index in [0.29, 0.717) is 19.6 Å². The van der Waals surface area contributed by atoms with Crippen LogP contribution < -0.4 is 0 Å². The third-order valence-electron chi connectivity index (χ3n) is 1.39. The summed E-state index contributed by atoms with van der Waals surface area (Å²) >= 11 is 0. The predicted molar refractivity (Wildman–Crippen MR) is 51.6 cm³/mol. The van der Waals surface area contributed by atoms with Gasteiger partial charge in [-0.15, -0.1) is 0 Å². The molecular formula is C10H13NO4. The zero-order valence-corrected chi connectivity index (χ0v) is 8.78. The van der Waals surface area contributed by atoms with Gasteiger partial charge in [0.15, 0.2) is 0 Å². The van der Waals surface area contributed by atoms with E-state index in [9.17, 15) is 9.59 Å². The van der Waals surface area contributed by atoms with Gasteiger partial charge in [-0.2, -0.15) is 5.26 Å². The van der Waals surface area contributed by atoms with Gasteiger partial charge >= 0.3 is 11.9 Å². The smallest absolute Gasteiger partial charge is 0.356 e. The van der Waals surface area contributed by atoms with Crippen molar-refractivity contribution in [3.05, 3.63) is 11.6 Å². The van der Waals surface area contributed by atoms with Crippen molar-refractivity contribution in [3.63, 3.8) is 0 Å². The molecule has 0 saturated carbocycles. The average molecular weight is 211 g/mol. The largest absolute Gasteiger partial charge is 0.389 e. The van der Waals surface area contributed by atoms with Crippen molar-refractivity contribution in [2.75, 3.05) is 13.2 Å². The molecule has 15 heavy (non-hydrogen) atoms. The van der Waals surface area contributed by atoms with E-state index in [2.05, 4.69) is 4.74 Å². The monoisotopic (exact) mass is 211 g/mol. The molecule has 0 radical (unpaired) electrons. The summed E-state index contributed by atoms with van der Waals surface area (Å²) in [5.74, 6) is -1.65. The number of hydrogen-bond acceptors (Lipinski definition) is 5. The Kier molecular flexibility index (Phi) is 6.85. The quantitative estimate of drug-likeness (QED) is 0.222. The molecule has 82 valence electrons. The lowest BCUT2D eigenvalue weighted by atomic mass is 10.2. The van der Waals surface area contributed by atoms with Gasteiger partial charge in [-0.05, 0) is 13.3 Å². The molecule has 0 bridgehead atoms. The van der Waals surface area contributed by atoms with Crippen molar-refractivity contribution in [2.45, 2.75) is 20.3 Å². The molecule has 0 aliphatic rings. The maximum atomic E-state index is 11.1. The minimum atomic E-state index is -0.915. The van der Waals surface area contributed by atoms with Gasteiger partial charge in [0.2, 0.25) is 0 Å². The number of esters is 2. The number of ether oxygens (including phenoxy) is 2. The Labute approximate surface area is 88.3 Å². The topological polar surface area (TPSA) is 76.4 Å². The summed E-state index contributed by atoms with van der Waals surface area (Å²) in [6.45, 7) is 3.95. The summed E-state index contributed by atoms with van der Waals surface area (Å²) < 4.78 is 9.27. The van der Waals surface area contributed by atoms with E-state index < -0.39 is 11.9 Å². The van der Waals surface area contributed by atoms with Crippen molar-refractivity contribution < 1.29 is 19.1 Å². The normalized spacial score (nSPS) is 10.6. The number of carbonyl (C=O) groups is 2. The third kappa shape index (κ3) is 6.41. The molecule has 0 N–H and O–H groups in total. The zero-order valence-electron chi connectivity index (χ0n) is 8.78. The number of hydrogen-bond donors (Lipinski definition) is 0. The van der Waals surface area contributed by atoms with E-state index in [1.54, 1.807) is 6.07 Å². The molecular weight excluding hydrogens is 198 g/mol. The molecule has 0 unspecified atom stereocenters. The van der Waals surface area contributed by atoms with Crippen molar-refractivity contribution in [2.24, 2.45) is 0 Å². The van der Waals surface area contributed by atoms with Crippen molar-refractivity contribution in [1.82, 2.24) is 0 Å². The summed E-state index contributed by atoms with van der Waals surface area (Å²) in [6, 6.07) is 1.66. The van der Waals surface area contributed by atoms with Gasteiger partial charge in [-0.3, -0.25) is 4.79 Å². The molecule has 0 aliphatic carbocycles. The SMILES string of the molecule is CCOCCC=C(C#N)C(=O)OC(C)=O. The molecule has 0 rings (SSSR count). The molecule has 0 aromatic heterocycles. The van der Waals surface area contributed by atoms with Crippen LogP contribution in [0.15, 0.2) is 11.6 Å². The Balaban J connectivity index is 4.17. The van der Waals surface area contributed by atoms with Crippen molar-refractivity contribution in [3.8, 4) is 6.07 Å². The highest BCUT2D eigenvalue weighted by molar-refractivity contribution is 5.98. The molecule has 0 amide bonds. The Bertz CT molecular complexity index is 301. The second-order valence-corrected chi connectivity index (χ2v) is 2.60. The summed E-state index contributed by atoms with van der Waals surface area (Å²) in [7, 11) is 0. The van der Waals surface area contributed by atoms with Gasteiger partial charge in [0.25, 0.3) is 0 Å². The van der Waals surface area contributed by atoms with Crippen LogP contribution in [-0.4, -0.2) is 25.2 Å². The fourth-order valence-corrected chi connectivity index (χ4v) is 0.791. The first-order valence-corrected chi connectivity index (χ1v) is 4.52. The van der Waals surface area contributed by atoms with Crippen LogP contribution in [0.25, 0.3) is 0 Å². The molecule has 0 heterocycles. The number of rotatable bonds is 5. The summed E-state index contributed by atoms with van der Waals surface area (Å²) in [6.07, 6.45) is 1.82. The van der Waals surface area contributed by atoms with Crippen LogP contribution in [-0.2, 0) is 19.1 Å². The van der Waals surface area contributed by atoms with Crippen LogP contribution >= 0.6 is 0 Å². The second kappa shape index (κ2) is 7.71. The van der Waals surface area contributed by atoms with E-state index in [1.807, 2.05) is 6.92 Å². The maximum Gasteiger partial charge on any atom is 0.356 e. The van der Waals surface area contributed by atoms with Crippen LogP contribution in [0.3, 0.4) is 0 Å². The number of nitriles is 1. The molecule has 0 spiro atoms. The lowest BCUT2D eigenvalue weighted by molar-refractivity contribution is -0.154. The Morgan fingerprint density at radius 1 is 1.47 bits per heavy atom. The molecule has 0 saturated heterocycles. The van der Waals surface area contributed by atoms with Gasteiger partial charge in [0.1, 0.15) is 11.6 Å². The fourth-order valence-electron chi connectivity index (χ4n) is 0.791. The lowest BCUT2D eigenvalue weighted by Gasteiger charge is -1.98. The second-order valence-electron chi connectivity index (χ2n) is 2.60. The van der Waals surface area contributed by atoms with Gasteiger partial charge < -0.3 is 9.47 Å². The van der Waals surface area contributed by atoms with E-state index >= 15 is 0 Å². The maximum absolute atomic E-state index is 11.1. The first-order valence-electron chi connectivity index (χ1n) is 4.52. The van der Waals surface area contributed by atoms with E-state index in [-0.39, 0.29) is 5.57 Å². The Hall–Kier alpha value is -1.67. The van der Waals surface area contributed by atoms with E-state index in [1.165, 1.54) is 6.08 Å². The minimum absolute atomic E-state index is 0.176. The van der Waals surface area contributed by atoms with Crippen molar-refractivity contribution >= 4 is 11.9 Å². The first kappa shape index (κ1) is 13.3. The van der Waals surface area contributed by atoms with Crippen molar-refractivity contribution in [1.29, 1.82) is 5.26 Å². The van der Waals surface area contributed by atoms with E-state index in [4.69, 9.17) is 10.00 Å². The van der Waals surface area contributed by atoms with Crippen LogP contribution in [0.2, 0.25) is 0 Å². The third-order valence-corrected chi connectivity index (χ3v) is 1.39. The number of carbonyl (C=O) groups excluding carboxylic acids is 2. The highest BCUT2D eigenvalue weighted by Crippen LogP contribution is 1.99. The van der Waals surface area contributed by atoms with Crippen LogP contribution in [0, 0.1) is 11.3 Å². The van der Waals surface area contributed by atoms with Crippen LogP contribution in [0.5, 0.6) is 0 Å². The molecule has 5 heteroatoms. The minimum Gasteiger partial charge on any atom is -0.389 e. The van der Waals surface area contributed by atoms with Gasteiger partial charge in [-0.25, -0.2) is 4.79 Å². The van der Waals surface area contributed by atoms with Gasteiger partial charge in [0.05, 0.1) is 6.61 Å². The summed E-state index contributed by atoms with van der Waals surface area (Å²) in [5.41, 5.74) is -0.176. The zero-order chi connectivity index (χ0) is 11.7. The predicted octanol–water partition coefficient (Wildman–Crippen LogP) is 0.953.